The fourth-order valence-corrected chi connectivity index (χ4v) is 3.90. The van der Waals surface area contributed by atoms with Crippen LogP contribution in [0.1, 0.15) is 25.8 Å². The minimum absolute atomic E-state index is 0.0357. The van der Waals surface area contributed by atoms with Crippen molar-refractivity contribution in [3.63, 3.8) is 0 Å². The van der Waals surface area contributed by atoms with Gasteiger partial charge in [0.2, 0.25) is 0 Å². The molecule has 0 fully saturated rings. The highest BCUT2D eigenvalue weighted by Gasteiger charge is 2.37. The molecular weight excluding hydrogens is 387 g/mol. The van der Waals surface area contributed by atoms with E-state index >= 15 is 0 Å². The van der Waals surface area contributed by atoms with Crippen molar-refractivity contribution in [3.8, 4) is 11.1 Å². The van der Waals surface area contributed by atoms with Crippen LogP contribution in [0.15, 0.2) is 48.5 Å². The zero-order valence-electron chi connectivity index (χ0n) is 17.4. The lowest BCUT2D eigenvalue weighted by Gasteiger charge is -2.30. The van der Waals surface area contributed by atoms with Gasteiger partial charge in [0.05, 0.1) is 18.6 Å². The number of hydrogen-bond donors (Lipinski definition) is 2. The van der Waals surface area contributed by atoms with Crippen LogP contribution in [0.5, 0.6) is 0 Å². The number of aliphatic hydroxyl groups excluding tert-OH is 1. The van der Waals surface area contributed by atoms with Gasteiger partial charge in [0.15, 0.2) is 0 Å². The van der Waals surface area contributed by atoms with Gasteiger partial charge in [-0.05, 0) is 67.8 Å². The fraction of sp³-hybridized carbons (Fsp3) is 0.435. The molecule has 29 heavy (non-hydrogen) atoms. The Hall–Kier alpha value is -1.82. The molecule has 0 aliphatic carbocycles. The second-order valence-corrected chi connectivity index (χ2v) is 8.44. The maximum Gasteiger partial charge on any atom is 0.314 e. The Kier molecular flexibility index (Phi) is 8.75. The van der Waals surface area contributed by atoms with Gasteiger partial charge in [-0.25, -0.2) is 0 Å². The van der Waals surface area contributed by atoms with Crippen LogP contribution in [-0.2, 0) is 16.0 Å². The van der Waals surface area contributed by atoms with Crippen LogP contribution in [0.4, 0.5) is 0 Å². The van der Waals surface area contributed by atoms with Crippen LogP contribution in [-0.4, -0.2) is 36.2 Å². The smallest absolute Gasteiger partial charge is 0.314 e. The number of rotatable bonds is 10. The Morgan fingerprint density at radius 3 is 2.45 bits per heavy atom. The highest BCUT2D eigenvalue weighted by Crippen LogP contribution is 2.32. The van der Waals surface area contributed by atoms with E-state index in [4.69, 9.17) is 16.3 Å². The number of hydrogen-bond acceptors (Lipinski definition) is 4. The number of carbonyl (C=O) groups excluding carboxylic acids is 1. The van der Waals surface area contributed by atoms with E-state index in [1.165, 1.54) is 0 Å². The summed E-state index contributed by atoms with van der Waals surface area (Å²) >= 11 is 6.08. The molecule has 0 spiro atoms. The summed E-state index contributed by atoms with van der Waals surface area (Å²) in [7, 11) is 0. The van der Waals surface area contributed by atoms with Crippen molar-refractivity contribution in [1.29, 1.82) is 0 Å². The molecule has 2 atom stereocenters. The van der Waals surface area contributed by atoms with Crippen LogP contribution in [0.2, 0.25) is 18.2 Å². The Balaban J connectivity index is 2.16. The van der Waals surface area contributed by atoms with Crippen LogP contribution in [0, 0.1) is 11.3 Å². The Morgan fingerprint density at radius 1 is 1.21 bits per heavy atom. The van der Waals surface area contributed by atoms with Gasteiger partial charge in [0.25, 0.3) is 6.92 Å². The molecule has 0 aromatic heterocycles. The van der Waals surface area contributed by atoms with Crippen LogP contribution < -0.4 is 0 Å². The predicted molar refractivity (Wildman–Crippen MR) is 119 cm³/mol. The first kappa shape index (κ1) is 23.5. The first-order chi connectivity index (χ1) is 13.8. The summed E-state index contributed by atoms with van der Waals surface area (Å²) in [5.41, 5.74) is 2.27. The lowest BCUT2D eigenvalue weighted by molar-refractivity contribution is -0.158. The third-order valence-electron chi connectivity index (χ3n) is 5.17. The van der Waals surface area contributed by atoms with Crippen LogP contribution in [0.25, 0.3) is 11.1 Å². The standard InChI is InChI=1S/C23H30BClO4/c1-4-29-22(27)23(2,16-26)14-18(15-24(3)28)12-17-8-10-19(11-9-17)20-6-5-7-21(25)13-20/h5-11,13,18,26,28H,4,12,14-16H2,1-3H3/t18-,23+/m1/s1. The van der Waals surface area contributed by atoms with Crippen molar-refractivity contribution < 1.29 is 19.7 Å². The molecule has 156 valence electrons. The van der Waals surface area contributed by atoms with Gasteiger partial charge >= 0.3 is 5.97 Å². The average Bonchev–Trinajstić information content (AvgIpc) is 2.68. The van der Waals surface area contributed by atoms with E-state index in [9.17, 15) is 14.9 Å². The Labute approximate surface area is 179 Å². The van der Waals surface area contributed by atoms with Crippen molar-refractivity contribution in [2.75, 3.05) is 13.2 Å². The third kappa shape index (κ3) is 6.88. The quantitative estimate of drug-likeness (QED) is 0.434. The predicted octanol–water partition coefficient (Wildman–Crippen LogP) is 4.73. The maximum atomic E-state index is 12.3. The number of ether oxygens (including phenoxy) is 1. The first-order valence-corrected chi connectivity index (χ1v) is 10.5. The second-order valence-electron chi connectivity index (χ2n) is 8.01. The molecule has 2 rings (SSSR count). The summed E-state index contributed by atoms with van der Waals surface area (Å²) in [6.45, 7) is 4.73. The zero-order valence-corrected chi connectivity index (χ0v) is 18.2. The summed E-state index contributed by atoms with van der Waals surface area (Å²) in [4.78, 5) is 12.3. The molecule has 2 aromatic rings. The second kappa shape index (κ2) is 10.8. The van der Waals surface area contributed by atoms with Crippen LogP contribution in [0.3, 0.4) is 0 Å². The van der Waals surface area contributed by atoms with E-state index in [2.05, 4.69) is 24.3 Å². The fourth-order valence-electron chi connectivity index (χ4n) is 3.71. The lowest BCUT2D eigenvalue weighted by Crippen LogP contribution is -2.36. The van der Waals surface area contributed by atoms with Crippen molar-refractivity contribution in [3.05, 3.63) is 59.1 Å². The molecule has 0 bridgehead atoms. The minimum Gasteiger partial charge on any atom is -0.466 e. The third-order valence-corrected chi connectivity index (χ3v) is 5.40. The molecule has 4 nitrogen and oxygen atoms in total. The summed E-state index contributed by atoms with van der Waals surface area (Å²) in [6.07, 6.45) is 1.70. The molecule has 0 saturated heterocycles. The molecule has 0 aliphatic heterocycles. The number of halogens is 1. The molecule has 6 heteroatoms. The zero-order chi connectivity index (χ0) is 21.4. The normalized spacial score (nSPS) is 14.1. The molecule has 0 unspecified atom stereocenters. The lowest BCUT2D eigenvalue weighted by atomic mass is 9.60. The highest BCUT2D eigenvalue weighted by atomic mass is 35.5. The van der Waals surface area contributed by atoms with Gasteiger partial charge in [-0.1, -0.05) is 54.8 Å². The monoisotopic (exact) mass is 416 g/mol. The van der Waals surface area contributed by atoms with Crippen LogP contribution >= 0.6 is 11.6 Å². The van der Waals surface area contributed by atoms with Gasteiger partial charge in [-0.2, -0.15) is 0 Å². The van der Waals surface area contributed by atoms with Gasteiger partial charge in [0.1, 0.15) is 0 Å². The Bertz CT molecular complexity index is 794. The molecule has 0 saturated carbocycles. The van der Waals surface area contributed by atoms with E-state index in [-0.39, 0.29) is 19.1 Å². The van der Waals surface area contributed by atoms with E-state index < -0.39 is 18.3 Å². The topological polar surface area (TPSA) is 66.8 Å². The van der Waals surface area contributed by atoms with E-state index in [0.29, 0.717) is 24.2 Å². The molecular formula is C23H30BClO4. The summed E-state index contributed by atoms with van der Waals surface area (Å²) in [5, 5.41) is 20.5. The van der Waals surface area contributed by atoms with Gasteiger partial charge in [-0.3, -0.25) is 4.79 Å². The Morgan fingerprint density at radius 2 is 1.90 bits per heavy atom. The number of carbonyl (C=O) groups is 1. The molecule has 0 amide bonds. The molecule has 0 heterocycles. The minimum atomic E-state index is -0.976. The van der Waals surface area contributed by atoms with Gasteiger partial charge < -0.3 is 14.9 Å². The maximum absolute atomic E-state index is 12.3. The largest absolute Gasteiger partial charge is 0.466 e. The van der Waals surface area contributed by atoms with Crippen molar-refractivity contribution in [2.24, 2.45) is 11.3 Å². The SMILES string of the molecule is CCOC(=O)[C@](C)(CO)C[C@H](CB(C)O)Cc1ccc(-c2cccc(Cl)c2)cc1. The number of aliphatic hydroxyl groups is 1. The van der Waals surface area contributed by atoms with Gasteiger partial charge in [0, 0.05) is 5.02 Å². The number of benzene rings is 2. The van der Waals surface area contributed by atoms with E-state index in [1.807, 2.05) is 24.3 Å². The average molecular weight is 417 g/mol. The molecule has 0 radical (unpaired) electrons. The molecule has 0 aliphatic rings. The summed E-state index contributed by atoms with van der Waals surface area (Å²) < 4.78 is 5.16. The van der Waals surface area contributed by atoms with E-state index in [0.717, 1.165) is 16.7 Å². The highest BCUT2D eigenvalue weighted by molar-refractivity contribution is 6.48. The number of esters is 1. The van der Waals surface area contributed by atoms with Gasteiger partial charge in [-0.15, -0.1) is 0 Å². The van der Waals surface area contributed by atoms with Crippen molar-refractivity contribution in [1.82, 2.24) is 0 Å². The van der Waals surface area contributed by atoms with E-state index in [1.54, 1.807) is 20.7 Å². The summed E-state index contributed by atoms with van der Waals surface area (Å²) in [6, 6.07) is 15.9. The molecule has 2 aromatic carbocycles. The first-order valence-electron chi connectivity index (χ1n) is 10.1. The van der Waals surface area contributed by atoms with Crippen molar-refractivity contribution >= 4 is 24.5 Å². The summed E-state index contributed by atoms with van der Waals surface area (Å²) in [5.74, 6) is -0.358. The molecule has 2 N–H and O–H groups in total. The van der Waals surface area contributed by atoms with Crippen molar-refractivity contribution in [2.45, 2.75) is 39.8 Å².